The number of benzene rings is 1. The van der Waals surface area contributed by atoms with Crippen molar-refractivity contribution in [3.63, 3.8) is 0 Å². The quantitative estimate of drug-likeness (QED) is 0.753. The first-order valence-corrected chi connectivity index (χ1v) is 3.84. The van der Waals surface area contributed by atoms with Gasteiger partial charge in [0.2, 0.25) is 0 Å². The number of aliphatic hydroxyl groups excluding tert-OH is 1. The molecule has 1 rings (SSSR count). The maximum Gasteiger partial charge on any atom is 0.142 e. The van der Waals surface area contributed by atoms with Crippen LogP contribution < -0.4 is 0 Å². The van der Waals surface area contributed by atoms with Gasteiger partial charge in [-0.3, -0.25) is 0 Å². The van der Waals surface area contributed by atoms with Gasteiger partial charge in [0.05, 0.1) is 11.6 Å². The van der Waals surface area contributed by atoms with E-state index < -0.39 is 5.82 Å². The van der Waals surface area contributed by atoms with Gasteiger partial charge < -0.3 is 5.11 Å². The van der Waals surface area contributed by atoms with Crippen LogP contribution in [0, 0.1) is 5.82 Å². The highest BCUT2D eigenvalue weighted by atomic mass is 35.5. The topological polar surface area (TPSA) is 20.2 Å². The van der Waals surface area contributed by atoms with Gasteiger partial charge in [-0.05, 0) is 17.7 Å². The van der Waals surface area contributed by atoms with Crippen molar-refractivity contribution >= 4 is 17.7 Å². The van der Waals surface area contributed by atoms with Crippen molar-refractivity contribution in [3.8, 4) is 0 Å². The van der Waals surface area contributed by atoms with Crippen LogP contribution in [0.5, 0.6) is 0 Å². The third-order valence-corrected chi connectivity index (χ3v) is 1.67. The van der Waals surface area contributed by atoms with Crippen LogP contribution in [0.2, 0.25) is 5.02 Å². The first-order chi connectivity index (χ1) is 5.74. The minimum Gasteiger partial charge on any atom is -0.392 e. The number of rotatable bonds is 2. The second kappa shape index (κ2) is 4.24. The zero-order valence-corrected chi connectivity index (χ0v) is 7.05. The van der Waals surface area contributed by atoms with Crippen molar-refractivity contribution in [2.24, 2.45) is 0 Å². The van der Waals surface area contributed by atoms with Crippen molar-refractivity contribution in [3.05, 3.63) is 40.7 Å². The van der Waals surface area contributed by atoms with Gasteiger partial charge in [0, 0.05) is 0 Å². The Balaban J connectivity index is 2.89. The van der Waals surface area contributed by atoms with Gasteiger partial charge in [-0.1, -0.05) is 29.8 Å². The van der Waals surface area contributed by atoms with Gasteiger partial charge in [-0.25, -0.2) is 4.39 Å². The lowest BCUT2D eigenvalue weighted by atomic mass is 10.2. The van der Waals surface area contributed by atoms with Gasteiger partial charge in [-0.15, -0.1) is 0 Å². The molecule has 1 aromatic rings. The Kier molecular flexibility index (Phi) is 3.26. The third kappa shape index (κ3) is 2.32. The van der Waals surface area contributed by atoms with Crippen molar-refractivity contribution in [1.29, 1.82) is 0 Å². The summed E-state index contributed by atoms with van der Waals surface area (Å²) in [5, 5.41) is 8.55. The predicted molar refractivity (Wildman–Crippen MR) is 47.5 cm³/mol. The van der Waals surface area contributed by atoms with Crippen molar-refractivity contribution in [2.75, 3.05) is 6.61 Å². The lowest BCUT2D eigenvalue weighted by molar-refractivity contribution is 0.343. The molecule has 12 heavy (non-hydrogen) atoms. The van der Waals surface area contributed by atoms with Crippen molar-refractivity contribution in [1.82, 2.24) is 0 Å². The van der Waals surface area contributed by atoms with Crippen LogP contribution in [-0.4, -0.2) is 11.7 Å². The zero-order chi connectivity index (χ0) is 8.97. The highest BCUT2D eigenvalue weighted by Crippen LogP contribution is 2.16. The lowest BCUT2D eigenvalue weighted by Crippen LogP contribution is -1.79. The molecule has 0 aliphatic rings. The third-order valence-electron chi connectivity index (χ3n) is 1.36. The van der Waals surface area contributed by atoms with Crippen molar-refractivity contribution < 1.29 is 9.50 Å². The summed E-state index contributed by atoms with van der Waals surface area (Å²) in [5.74, 6) is -0.447. The van der Waals surface area contributed by atoms with Crippen LogP contribution in [0.1, 0.15) is 5.56 Å². The molecular formula is C9H8ClFO. The molecule has 0 aromatic heterocycles. The van der Waals surface area contributed by atoms with Gasteiger partial charge in [0.1, 0.15) is 5.82 Å². The Bertz CT molecular complexity index is 297. The second-order valence-electron chi connectivity index (χ2n) is 2.26. The van der Waals surface area contributed by atoms with Gasteiger partial charge >= 0.3 is 0 Å². The maximum absolute atomic E-state index is 12.8. The lowest BCUT2D eigenvalue weighted by Gasteiger charge is -1.95. The number of halogens is 2. The highest BCUT2D eigenvalue weighted by Gasteiger charge is 1.97. The normalized spacial score (nSPS) is 10.9. The summed E-state index contributed by atoms with van der Waals surface area (Å²) < 4.78 is 12.8. The summed E-state index contributed by atoms with van der Waals surface area (Å²) in [6.45, 7) is -0.0513. The van der Waals surface area contributed by atoms with Crippen LogP contribution >= 0.6 is 11.6 Å². The van der Waals surface area contributed by atoms with E-state index in [4.69, 9.17) is 16.7 Å². The standard InChI is InChI=1S/C9H8ClFO/c10-8-4-3-7(2-1-5-12)6-9(8)11/h1-4,6,12H,5H2/b2-1+. The van der Waals surface area contributed by atoms with Crippen LogP contribution in [0.4, 0.5) is 4.39 Å². The molecule has 0 bridgehead atoms. The molecule has 64 valence electrons. The van der Waals surface area contributed by atoms with E-state index in [1.54, 1.807) is 12.1 Å². The monoisotopic (exact) mass is 186 g/mol. The molecule has 1 aromatic carbocycles. The molecule has 0 aliphatic heterocycles. The number of hydrogen-bond donors (Lipinski definition) is 1. The highest BCUT2D eigenvalue weighted by molar-refractivity contribution is 6.30. The Morgan fingerprint density at radius 3 is 2.83 bits per heavy atom. The molecule has 0 heterocycles. The van der Waals surface area contributed by atoms with E-state index >= 15 is 0 Å². The largest absolute Gasteiger partial charge is 0.392 e. The van der Waals surface area contributed by atoms with Crippen LogP contribution in [0.15, 0.2) is 24.3 Å². The predicted octanol–water partition coefficient (Wildman–Crippen LogP) is 2.48. The summed E-state index contributed by atoms with van der Waals surface area (Å²) in [5.41, 5.74) is 0.686. The smallest absolute Gasteiger partial charge is 0.142 e. The Labute approximate surface area is 75.1 Å². The Morgan fingerprint density at radius 2 is 2.25 bits per heavy atom. The van der Waals surface area contributed by atoms with E-state index in [-0.39, 0.29) is 11.6 Å². The molecular weight excluding hydrogens is 179 g/mol. The first kappa shape index (κ1) is 9.23. The fourth-order valence-corrected chi connectivity index (χ4v) is 0.922. The first-order valence-electron chi connectivity index (χ1n) is 3.46. The van der Waals surface area contributed by atoms with Crippen molar-refractivity contribution in [2.45, 2.75) is 0 Å². The van der Waals surface area contributed by atoms with E-state index in [2.05, 4.69) is 0 Å². The van der Waals surface area contributed by atoms with E-state index in [9.17, 15) is 4.39 Å². The Morgan fingerprint density at radius 1 is 1.50 bits per heavy atom. The maximum atomic E-state index is 12.8. The van der Waals surface area contributed by atoms with Crippen LogP contribution in [0.25, 0.3) is 6.08 Å². The molecule has 1 nitrogen and oxygen atoms in total. The molecule has 0 amide bonds. The SMILES string of the molecule is OC/C=C/c1ccc(Cl)c(F)c1. The van der Waals surface area contributed by atoms with E-state index in [0.717, 1.165) is 0 Å². The average molecular weight is 187 g/mol. The minimum absolute atomic E-state index is 0.0513. The van der Waals surface area contributed by atoms with E-state index in [1.165, 1.54) is 18.2 Å². The van der Waals surface area contributed by atoms with Crippen LogP contribution in [-0.2, 0) is 0 Å². The molecule has 0 radical (unpaired) electrons. The molecule has 0 unspecified atom stereocenters. The Hall–Kier alpha value is -0.860. The van der Waals surface area contributed by atoms with E-state index in [0.29, 0.717) is 5.56 Å². The van der Waals surface area contributed by atoms with E-state index in [1.807, 2.05) is 0 Å². The molecule has 0 saturated heterocycles. The molecule has 1 N–H and O–H groups in total. The molecule has 0 aliphatic carbocycles. The van der Waals surface area contributed by atoms with Gasteiger partial charge in [0.25, 0.3) is 0 Å². The zero-order valence-electron chi connectivity index (χ0n) is 6.30. The molecule has 0 spiro atoms. The number of hydrogen-bond acceptors (Lipinski definition) is 1. The van der Waals surface area contributed by atoms with Gasteiger partial charge in [-0.2, -0.15) is 0 Å². The summed E-state index contributed by atoms with van der Waals surface area (Å²) in [7, 11) is 0. The average Bonchev–Trinajstić information content (AvgIpc) is 2.07. The second-order valence-corrected chi connectivity index (χ2v) is 2.67. The molecule has 0 atom stereocenters. The van der Waals surface area contributed by atoms with Crippen LogP contribution in [0.3, 0.4) is 0 Å². The summed E-state index contributed by atoms with van der Waals surface area (Å²) in [6, 6.07) is 4.47. The number of aliphatic hydroxyl groups is 1. The fraction of sp³-hybridized carbons (Fsp3) is 0.111. The molecule has 0 fully saturated rings. The summed E-state index contributed by atoms with van der Waals surface area (Å²) >= 11 is 5.47. The fourth-order valence-electron chi connectivity index (χ4n) is 0.805. The summed E-state index contributed by atoms with van der Waals surface area (Å²) in [6.07, 6.45) is 3.15. The van der Waals surface area contributed by atoms with Gasteiger partial charge in [0.15, 0.2) is 0 Å². The summed E-state index contributed by atoms with van der Waals surface area (Å²) in [4.78, 5) is 0. The minimum atomic E-state index is -0.447. The molecule has 3 heteroatoms. The molecule has 0 saturated carbocycles.